The number of pyridine rings is 1. The van der Waals surface area contributed by atoms with E-state index in [2.05, 4.69) is 31.9 Å². The predicted octanol–water partition coefficient (Wildman–Crippen LogP) is 2.74. The second kappa shape index (κ2) is 11.9. The van der Waals surface area contributed by atoms with Crippen LogP contribution in [0.3, 0.4) is 0 Å². The molecule has 0 atom stereocenters. The fourth-order valence-corrected chi connectivity index (χ4v) is 4.73. The van der Waals surface area contributed by atoms with Gasteiger partial charge in [0.1, 0.15) is 12.3 Å². The van der Waals surface area contributed by atoms with Crippen LogP contribution in [0.5, 0.6) is 0 Å². The van der Waals surface area contributed by atoms with E-state index in [1.54, 1.807) is 18.6 Å². The molecule has 2 aromatic heterocycles. The lowest BCUT2D eigenvalue weighted by atomic mass is 9.88. The summed E-state index contributed by atoms with van der Waals surface area (Å²) in [6.07, 6.45) is 9.80. The summed E-state index contributed by atoms with van der Waals surface area (Å²) in [4.78, 5) is 35.8. The summed E-state index contributed by atoms with van der Waals surface area (Å²) in [7, 11) is 0. The molecule has 0 bridgehead atoms. The summed E-state index contributed by atoms with van der Waals surface area (Å²) in [6, 6.07) is 5.86. The molecule has 9 heteroatoms. The van der Waals surface area contributed by atoms with Crippen molar-refractivity contribution in [1.29, 1.82) is 0 Å². The summed E-state index contributed by atoms with van der Waals surface area (Å²) < 4.78 is 0. The van der Waals surface area contributed by atoms with Crippen LogP contribution in [0.2, 0.25) is 0 Å². The van der Waals surface area contributed by atoms with Gasteiger partial charge in [-0.1, -0.05) is 18.1 Å². The number of likely N-dealkylation sites (tertiary alicyclic amines) is 2. The van der Waals surface area contributed by atoms with Crippen LogP contribution in [-0.4, -0.2) is 69.2 Å². The highest BCUT2D eigenvalue weighted by atomic mass is 16.6. The zero-order valence-electron chi connectivity index (χ0n) is 20.0. The third kappa shape index (κ3) is 6.28. The lowest BCUT2D eigenvalue weighted by molar-refractivity contribution is -0.138. The van der Waals surface area contributed by atoms with Crippen LogP contribution < -0.4 is 5.73 Å². The van der Waals surface area contributed by atoms with Gasteiger partial charge in [0.05, 0.1) is 5.69 Å². The number of piperidine rings is 2. The predicted molar refractivity (Wildman–Crippen MR) is 131 cm³/mol. The molecule has 2 saturated heterocycles. The average Bonchev–Trinajstić information content (AvgIpc) is 2.89. The van der Waals surface area contributed by atoms with E-state index in [1.807, 2.05) is 23.1 Å². The Hall–Kier alpha value is -3.07. The number of hydrogen-bond acceptors (Lipinski definition) is 8. The van der Waals surface area contributed by atoms with Crippen molar-refractivity contribution >= 4 is 17.6 Å². The van der Waals surface area contributed by atoms with Crippen molar-refractivity contribution in [3.63, 3.8) is 0 Å². The molecule has 0 aliphatic carbocycles. The number of carbonyl (C=O) groups is 1. The SMILES string of the molecule is CCCON=C(c1ccccn1)C1CCN(C(=O)C2CCN(Cc3cnc(N)nc3)CC2)CC1. The summed E-state index contributed by atoms with van der Waals surface area (Å²) >= 11 is 0. The number of amides is 1. The molecule has 1 amide bonds. The highest BCUT2D eigenvalue weighted by Gasteiger charge is 2.32. The molecule has 2 N–H and O–H groups in total. The van der Waals surface area contributed by atoms with Crippen LogP contribution in [0, 0.1) is 11.8 Å². The van der Waals surface area contributed by atoms with Gasteiger partial charge in [-0.05, 0) is 57.3 Å². The van der Waals surface area contributed by atoms with Crippen molar-refractivity contribution < 1.29 is 9.63 Å². The van der Waals surface area contributed by atoms with Crippen molar-refractivity contribution in [2.75, 3.05) is 38.5 Å². The van der Waals surface area contributed by atoms with Crippen molar-refractivity contribution in [3.8, 4) is 0 Å². The Labute approximate surface area is 201 Å². The molecule has 2 aromatic rings. The minimum absolute atomic E-state index is 0.104. The summed E-state index contributed by atoms with van der Waals surface area (Å²) in [6.45, 7) is 6.78. The molecule has 0 unspecified atom stereocenters. The number of oxime groups is 1. The van der Waals surface area contributed by atoms with E-state index in [9.17, 15) is 4.79 Å². The smallest absolute Gasteiger partial charge is 0.225 e. The van der Waals surface area contributed by atoms with Crippen LogP contribution in [-0.2, 0) is 16.2 Å². The topological polar surface area (TPSA) is 110 Å². The Bertz CT molecular complexity index is 935. The normalized spacial score (nSPS) is 18.7. The van der Waals surface area contributed by atoms with E-state index in [-0.39, 0.29) is 11.8 Å². The van der Waals surface area contributed by atoms with Gasteiger partial charge >= 0.3 is 0 Å². The Kier molecular flexibility index (Phi) is 8.41. The van der Waals surface area contributed by atoms with E-state index in [1.165, 1.54) is 0 Å². The van der Waals surface area contributed by atoms with E-state index in [4.69, 9.17) is 10.6 Å². The van der Waals surface area contributed by atoms with Crippen LogP contribution in [0.15, 0.2) is 41.9 Å². The van der Waals surface area contributed by atoms with Crippen molar-refractivity contribution in [2.24, 2.45) is 17.0 Å². The molecule has 2 fully saturated rings. The molecule has 0 saturated carbocycles. The van der Waals surface area contributed by atoms with Gasteiger partial charge in [0.2, 0.25) is 11.9 Å². The zero-order chi connectivity index (χ0) is 23.8. The molecule has 4 heterocycles. The standard InChI is InChI=1S/C25H35N7O2/c1-2-15-34-30-23(22-5-3-4-10-27-22)20-8-13-32(14-9-20)24(33)21-6-11-31(12-7-21)18-19-16-28-25(26)29-17-19/h3-5,10,16-17,20-21H,2,6-9,11-15,18H2,1H3,(H2,26,28,29). The van der Waals surface area contributed by atoms with E-state index >= 15 is 0 Å². The van der Waals surface area contributed by atoms with E-state index in [0.29, 0.717) is 18.5 Å². The Morgan fingerprint density at radius 1 is 1.06 bits per heavy atom. The third-order valence-electron chi connectivity index (χ3n) is 6.65. The summed E-state index contributed by atoms with van der Waals surface area (Å²) in [5.74, 6) is 0.947. The lowest BCUT2D eigenvalue weighted by Gasteiger charge is -2.37. The van der Waals surface area contributed by atoms with Crippen LogP contribution in [0.1, 0.15) is 50.3 Å². The number of nitrogens with two attached hydrogens (primary N) is 1. The van der Waals surface area contributed by atoms with Gasteiger partial charge < -0.3 is 15.5 Å². The van der Waals surface area contributed by atoms with E-state index in [0.717, 1.165) is 81.8 Å². The summed E-state index contributed by atoms with van der Waals surface area (Å²) in [5, 5.41) is 4.44. The highest BCUT2D eigenvalue weighted by Crippen LogP contribution is 2.26. The summed E-state index contributed by atoms with van der Waals surface area (Å²) in [5.41, 5.74) is 8.39. The van der Waals surface area contributed by atoms with E-state index < -0.39 is 0 Å². The molecule has 0 spiro atoms. The van der Waals surface area contributed by atoms with Gasteiger partial charge in [-0.2, -0.15) is 0 Å². The maximum Gasteiger partial charge on any atom is 0.225 e. The Balaban J connectivity index is 1.27. The number of nitrogens with zero attached hydrogens (tertiary/aromatic N) is 6. The fourth-order valence-electron chi connectivity index (χ4n) is 4.73. The van der Waals surface area contributed by atoms with Gasteiger partial charge in [-0.15, -0.1) is 0 Å². The minimum atomic E-state index is 0.104. The van der Waals surface area contributed by atoms with Gasteiger partial charge in [-0.3, -0.25) is 14.7 Å². The van der Waals surface area contributed by atoms with Gasteiger partial charge in [0.15, 0.2) is 0 Å². The number of carbonyl (C=O) groups excluding carboxylic acids is 1. The molecule has 34 heavy (non-hydrogen) atoms. The molecule has 2 aliphatic rings. The first kappa shape index (κ1) is 24.1. The van der Waals surface area contributed by atoms with Gasteiger partial charge in [0.25, 0.3) is 0 Å². The largest absolute Gasteiger partial charge is 0.396 e. The highest BCUT2D eigenvalue weighted by molar-refractivity contribution is 6.00. The molecule has 2 aliphatic heterocycles. The van der Waals surface area contributed by atoms with Crippen molar-refractivity contribution in [1.82, 2.24) is 24.8 Å². The Morgan fingerprint density at radius 2 is 1.76 bits per heavy atom. The first-order valence-corrected chi connectivity index (χ1v) is 12.3. The quantitative estimate of drug-likeness (QED) is 0.363. The third-order valence-corrected chi connectivity index (χ3v) is 6.65. The van der Waals surface area contributed by atoms with Crippen LogP contribution in [0.4, 0.5) is 5.95 Å². The van der Waals surface area contributed by atoms with Crippen LogP contribution >= 0.6 is 0 Å². The Morgan fingerprint density at radius 3 is 2.41 bits per heavy atom. The van der Waals surface area contributed by atoms with Gasteiger partial charge in [-0.25, -0.2) is 9.97 Å². The number of hydrogen-bond donors (Lipinski definition) is 1. The minimum Gasteiger partial charge on any atom is -0.396 e. The molecule has 4 rings (SSSR count). The molecule has 0 aromatic carbocycles. The number of aromatic nitrogens is 3. The number of nitrogen functional groups attached to an aromatic ring is 1. The lowest BCUT2D eigenvalue weighted by Crippen LogP contribution is -2.46. The second-order valence-corrected chi connectivity index (χ2v) is 9.12. The van der Waals surface area contributed by atoms with Crippen molar-refractivity contribution in [3.05, 3.63) is 48.0 Å². The van der Waals surface area contributed by atoms with Gasteiger partial charge in [0, 0.05) is 55.6 Å². The number of rotatable bonds is 8. The maximum absolute atomic E-state index is 13.2. The first-order chi connectivity index (χ1) is 16.6. The first-order valence-electron chi connectivity index (χ1n) is 12.3. The molecule has 182 valence electrons. The monoisotopic (exact) mass is 465 g/mol. The molecular formula is C25H35N7O2. The van der Waals surface area contributed by atoms with Crippen molar-refractivity contribution in [2.45, 2.75) is 45.6 Å². The fraction of sp³-hybridized carbons (Fsp3) is 0.560. The molecule has 9 nitrogen and oxygen atoms in total. The molecule has 0 radical (unpaired) electrons. The average molecular weight is 466 g/mol. The number of anilines is 1. The zero-order valence-corrected chi connectivity index (χ0v) is 20.0. The molecular weight excluding hydrogens is 430 g/mol. The second-order valence-electron chi connectivity index (χ2n) is 9.12. The maximum atomic E-state index is 13.2. The van der Waals surface area contributed by atoms with Crippen LogP contribution in [0.25, 0.3) is 0 Å².